The number of nitrogens with one attached hydrogen (secondary N) is 1. The number of carbonyl (C=O) groups excluding carboxylic acids is 1. The van der Waals surface area contributed by atoms with Crippen molar-refractivity contribution in [1.82, 2.24) is 9.55 Å². The van der Waals surface area contributed by atoms with Crippen molar-refractivity contribution in [1.29, 1.82) is 0 Å². The van der Waals surface area contributed by atoms with E-state index in [2.05, 4.69) is 4.98 Å². The molecule has 0 radical (unpaired) electrons. The molecule has 0 saturated heterocycles. The first kappa shape index (κ1) is 9.71. The summed E-state index contributed by atoms with van der Waals surface area (Å²) in [5.74, 6) is 0. The van der Waals surface area contributed by atoms with E-state index in [1.807, 2.05) is 18.2 Å². The average Bonchev–Trinajstić information content (AvgIpc) is 2.52. The summed E-state index contributed by atoms with van der Waals surface area (Å²) in [7, 11) is 1.73. The predicted molar refractivity (Wildman–Crippen MR) is 57.9 cm³/mol. The minimum atomic E-state index is -0.113. The first-order chi connectivity index (χ1) is 7.22. The molecule has 0 bridgehead atoms. The first-order valence-corrected chi connectivity index (χ1v) is 4.83. The molecule has 1 N–H and O–H groups in total. The highest BCUT2D eigenvalue weighted by Gasteiger charge is 2.03. The van der Waals surface area contributed by atoms with Gasteiger partial charge in [0.1, 0.15) is 6.29 Å². The fourth-order valence-corrected chi connectivity index (χ4v) is 1.67. The lowest BCUT2D eigenvalue weighted by Gasteiger charge is -1.98. The zero-order chi connectivity index (χ0) is 10.8. The van der Waals surface area contributed by atoms with E-state index in [0.29, 0.717) is 6.42 Å². The number of rotatable bonds is 3. The number of aromatic amines is 1. The molecule has 0 amide bonds. The van der Waals surface area contributed by atoms with Crippen LogP contribution in [0.3, 0.4) is 0 Å². The number of carbonyl (C=O) groups is 1. The molecule has 0 fully saturated rings. The Morgan fingerprint density at radius 2 is 2.27 bits per heavy atom. The fourth-order valence-electron chi connectivity index (χ4n) is 1.67. The van der Waals surface area contributed by atoms with Crippen LogP contribution in [0.4, 0.5) is 0 Å². The van der Waals surface area contributed by atoms with Crippen molar-refractivity contribution in [3.05, 3.63) is 34.2 Å². The smallest absolute Gasteiger partial charge is 0.306 e. The van der Waals surface area contributed by atoms with E-state index < -0.39 is 0 Å². The second kappa shape index (κ2) is 3.73. The van der Waals surface area contributed by atoms with Crippen LogP contribution in [0.15, 0.2) is 23.0 Å². The van der Waals surface area contributed by atoms with Crippen molar-refractivity contribution >= 4 is 17.3 Å². The van der Waals surface area contributed by atoms with Gasteiger partial charge in [0.2, 0.25) is 0 Å². The third-order valence-electron chi connectivity index (χ3n) is 2.52. The maximum Gasteiger partial charge on any atom is 0.326 e. The van der Waals surface area contributed by atoms with Crippen LogP contribution in [0.2, 0.25) is 0 Å². The van der Waals surface area contributed by atoms with Gasteiger partial charge in [-0.15, -0.1) is 0 Å². The number of hydrogen-bond donors (Lipinski definition) is 1. The molecule has 78 valence electrons. The van der Waals surface area contributed by atoms with Crippen LogP contribution >= 0.6 is 0 Å². The monoisotopic (exact) mass is 204 g/mol. The van der Waals surface area contributed by atoms with Gasteiger partial charge >= 0.3 is 5.69 Å². The van der Waals surface area contributed by atoms with Crippen LogP contribution in [0.1, 0.15) is 12.0 Å². The molecular weight excluding hydrogens is 192 g/mol. The number of aldehydes is 1. The second-order valence-electron chi connectivity index (χ2n) is 3.55. The van der Waals surface area contributed by atoms with Gasteiger partial charge in [0, 0.05) is 13.5 Å². The first-order valence-electron chi connectivity index (χ1n) is 4.83. The molecule has 0 saturated carbocycles. The Morgan fingerprint density at radius 3 is 3.00 bits per heavy atom. The lowest BCUT2D eigenvalue weighted by atomic mass is 10.1. The number of nitrogens with zero attached hydrogens (tertiary/aromatic N) is 1. The maximum atomic E-state index is 11.3. The SMILES string of the molecule is Cn1c(=O)[nH]c2cc(CCC=O)ccc21. The molecular formula is C11H12N2O2. The van der Waals surface area contributed by atoms with E-state index in [1.165, 1.54) is 0 Å². The van der Waals surface area contributed by atoms with E-state index in [-0.39, 0.29) is 5.69 Å². The number of aryl methyl sites for hydroxylation is 2. The van der Waals surface area contributed by atoms with Crippen LogP contribution in [0, 0.1) is 0 Å². The summed E-state index contributed by atoms with van der Waals surface area (Å²) in [5.41, 5.74) is 2.66. The highest BCUT2D eigenvalue weighted by Crippen LogP contribution is 2.12. The zero-order valence-corrected chi connectivity index (χ0v) is 8.49. The number of aromatic nitrogens is 2. The molecule has 2 aromatic rings. The van der Waals surface area contributed by atoms with Gasteiger partial charge in [0.25, 0.3) is 0 Å². The van der Waals surface area contributed by atoms with E-state index >= 15 is 0 Å². The van der Waals surface area contributed by atoms with Crippen molar-refractivity contribution in [2.75, 3.05) is 0 Å². The van der Waals surface area contributed by atoms with Gasteiger partial charge in [0.15, 0.2) is 0 Å². The van der Waals surface area contributed by atoms with E-state index in [9.17, 15) is 9.59 Å². The van der Waals surface area contributed by atoms with E-state index in [1.54, 1.807) is 11.6 Å². The molecule has 4 nitrogen and oxygen atoms in total. The maximum absolute atomic E-state index is 11.3. The van der Waals surface area contributed by atoms with Crippen LogP contribution in [0.25, 0.3) is 11.0 Å². The summed E-state index contributed by atoms with van der Waals surface area (Å²) in [4.78, 5) is 24.3. The molecule has 0 aliphatic heterocycles. The van der Waals surface area contributed by atoms with Crippen LogP contribution in [0.5, 0.6) is 0 Å². The summed E-state index contributed by atoms with van der Waals surface area (Å²) < 4.78 is 1.57. The fraction of sp³-hybridized carbons (Fsp3) is 0.273. The van der Waals surface area contributed by atoms with Crippen molar-refractivity contribution in [3.63, 3.8) is 0 Å². The number of H-pyrrole nitrogens is 1. The summed E-state index contributed by atoms with van der Waals surface area (Å²) in [5, 5.41) is 0. The minimum absolute atomic E-state index is 0.113. The standard InChI is InChI=1S/C11H12N2O2/c1-13-10-5-4-8(3-2-6-14)7-9(10)12-11(13)15/h4-7H,2-3H2,1H3,(H,12,15). The summed E-state index contributed by atoms with van der Waals surface area (Å²) in [6, 6.07) is 5.76. The molecule has 1 heterocycles. The molecule has 1 aromatic heterocycles. The predicted octanol–water partition coefficient (Wildman–Crippen LogP) is 0.998. The largest absolute Gasteiger partial charge is 0.326 e. The third-order valence-corrected chi connectivity index (χ3v) is 2.52. The van der Waals surface area contributed by atoms with Gasteiger partial charge in [-0.3, -0.25) is 4.57 Å². The molecule has 0 aliphatic carbocycles. The lowest BCUT2D eigenvalue weighted by Crippen LogP contribution is -2.11. The molecule has 0 aliphatic rings. The number of hydrogen-bond acceptors (Lipinski definition) is 2. The minimum Gasteiger partial charge on any atom is -0.306 e. The van der Waals surface area contributed by atoms with Crippen molar-refractivity contribution < 1.29 is 4.79 Å². The van der Waals surface area contributed by atoms with Gasteiger partial charge in [-0.05, 0) is 24.1 Å². The molecule has 0 spiro atoms. The second-order valence-corrected chi connectivity index (χ2v) is 3.55. The van der Waals surface area contributed by atoms with Crippen LogP contribution in [-0.2, 0) is 18.3 Å². The summed E-state index contributed by atoms with van der Waals surface area (Å²) in [6.45, 7) is 0. The van der Waals surface area contributed by atoms with Gasteiger partial charge in [-0.2, -0.15) is 0 Å². The number of benzene rings is 1. The Bertz CT molecular complexity index is 551. The van der Waals surface area contributed by atoms with Gasteiger partial charge in [-0.1, -0.05) is 6.07 Å². The highest BCUT2D eigenvalue weighted by molar-refractivity contribution is 5.76. The van der Waals surface area contributed by atoms with Gasteiger partial charge < -0.3 is 9.78 Å². The average molecular weight is 204 g/mol. The Morgan fingerprint density at radius 1 is 1.47 bits per heavy atom. The normalized spacial score (nSPS) is 10.7. The zero-order valence-electron chi connectivity index (χ0n) is 8.49. The summed E-state index contributed by atoms with van der Waals surface area (Å²) >= 11 is 0. The van der Waals surface area contributed by atoms with E-state index in [4.69, 9.17) is 0 Å². The van der Waals surface area contributed by atoms with Gasteiger partial charge in [0.05, 0.1) is 11.0 Å². The molecule has 0 unspecified atom stereocenters. The highest BCUT2D eigenvalue weighted by atomic mass is 16.1. The number of fused-ring (bicyclic) bond motifs is 1. The van der Waals surface area contributed by atoms with Crippen LogP contribution in [-0.4, -0.2) is 15.8 Å². The Labute approximate surface area is 86.5 Å². The molecule has 0 atom stereocenters. The molecule has 2 rings (SSSR count). The molecule has 15 heavy (non-hydrogen) atoms. The van der Waals surface area contributed by atoms with Crippen molar-refractivity contribution in [2.24, 2.45) is 7.05 Å². The third kappa shape index (κ3) is 1.70. The Hall–Kier alpha value is -1.84. The summed E-state index contributed by atoms with van der Waals surface area (Å²) in [6.07, 6.45) is 2.14. The van der Waals surface area contributed by atoms with Crippen molar-refractivity contribution in [2.45, 2.75) is 12.8 Å². The quantitative estimate of drug-likeness (QED) is 0.758. The molecule has 4 heteroatoms. The lowest BCUT2D eigenvalue weighted by molar-refractivity contribution is -0.107. The van der Waals surface area contributed by atoms with E-state index in [0.717, 1.165) is 29.3 Å². The van der Waals surface area contributed by atoms with Gasteiger partial charge in [-0.25, -0.2) is 4.79 Å². The Balaban J connectivity index is 2.47. The molecule has 1 aromatic carbocycles. The topological polar surface area (TPSA) is 54.9 Å². The van der Waals surface area contributed by atoms with Crippen molar-refractivity contribution in [3.8, 4) is 0 Å². The van der Waals surface area contributed by atoms with Crippen LogP contribution < -0.4 is 5.69 Å². The Kier molecular flexibility index (Phi) is 2.41. The number of imidazole rings is 1.